The second-order valence-electron chi connectivity index (χ2n) is 8.29. The minimum absolute atomic E-state index is 0.286. The molecule has 4 heteroatoms. The highest BCUT2D eigenvalue weighted by Crippen LogP contribution is 2.49. The topological polar surface area (TPSA) is 38.1 Å². The molecule has 3 atom stereocenters. The Morgan fingerprint density at radius 1 is 1.19 bits per heavy atom. The zero-order valence-corrected chi connectivity index (χ0v) is 16.1. The lowest BCUT2D eigenvalue weighted by Gasteiger charge is -2.24. The number of para-hydroxylation sites is 1. The monoisotopic (exact) mass is 351 g/mol. The summed E-state index contributed by atoms with van der Waals surface area (Å²) in [5.74, 6) is 2.62. The summed E-state index contributed by atoms with van der Waals surface area (Å²) in [5.41, 5.74) is 4.35. The van der Waals surface area contributed by atoms with E-state index in [1.54, 1.807) is 0 Å². The van der Waals surface area contributed by atoms with E-state index in [0.717, 1.165) is 40.9 Å². The first-order valence-electron chi connectivity index (χ1n) is 9.87. The standard InChI is InChI=1S/C22H29N3O/c1-15-21(16(2)25(23-15)20-7-5-4-6-8-20)14-24(3)22(26)13-19-12-17-9-10-18(19)11-17/h4-8,17-19H,9-14H2,1-3H3/t17-,18-,19+/m1/s1. The van der Waals surface area contributed by atoms with E-state index < -0.39 is 0 Å². The minimum atomic E-state index is 0.286. The number of rotatable bonds is 5. The zero-order chi connectivity index (χ0) is 18.3. The number of nitrogens with zero attached hydrogens (tertiary/aromatic N) is 3. The van der Waals surface area contributed by atoms with Crippen molar-refractivity contribution < 1.29 is 4.79 Å². The lowest BCUT2D eigenvalue weighted by molar-refractivity contribution is -0.131. The molecule has 0 radical (unpaired) electrons. The second-order valence-corrected chi connectivity index (χ2v) is 8.29. The van der Waals surface area contributed by atoms with E-state index in [1.165, 1.54) is 25.7 Å². The van der Waals surface area contributed by atoms with Gasteiger partial charge >= 0.3 is 0 Å². The van der Waals surface area contributed by atoms with Gasteiger partial charge in [0.25, 0.3) is 0 Å². The lowest BCUT2D eigenvalue weighted by Crippen LogP contribution is -2.29. The molecule has 0 spiro atoms. The molecule has 2 fully saturated rings. The number of benzene rings is 1. The predicted molar refractivity (Wildman–Crippen MR) is 103 cm³/mol. The number of amides is 1. The molecule has 1 aromatic heterocycles. The predicted octanol–water partition coefficient (Wildman–Crippen LogP) is 4.27. The third kappa shape index (κ3) is 3.17. The molecule has 2 aromatic rings. The van der Waals surface area contributed by atoms with E-state index in [0.29, 0.717) is 12.5 Å². The maximum absolute atomic E-state index is 12.8. The Hall–Kier alpha value is -2.10. The van der Waals surface area contributed by atoms with Crippen molar-refractivity contribution in [3.8, 4) is 5.69 Å². The summed E-state index contributed by atoms with van der Waals surface area (Å²) in [7, 11) is 1.94. The zero-order valence-electron chi connectivity index (χ0n) is 16.1. The Morgan fingerprint density at radius 3 is 2.62 bits per heavy atom. The van der Waals surface area contributed by atoms with Gasteiger partial charge in [0.05, 0.1) is 11.4 Å². The molecule has 1 aromatic carbocycles. The number of hydrogen-bond donors (Lipinski definition) is 0. The molecule has 138 valence electrons. The van der Waals surface area contributed by atoms with Crippen molar-refractivity contribution in [2.75, 3.05) is 7.05 Å². The van der Waals surface area contributed by atoms with E-state index in [4.69, 9.17) is 5.10 Å². The quantitative estimate of drug-likeness (QED) is 0.807. The molecule has 0 unspecified atom stereocenters. The minimum Gasteiger partial charge on any atom is -0.341 e. The van der Waals surface area contributed by atoms with Gasteiger partial charge in [-0.05, 0) is 63.0 Å². The van der Waals surface area contributed by atoms with Gasteiger partial charge in [-0.15, -0.1) is 0 Å². The highest BCUT2D eigenvalue weighted by Gasteiger charge is 2.40. The van der Waals surface area contributed by atoms with Crippen LogP contribution in [-0.4, -0.2) is 27.6 Å². The van der Waals surface area contributed by atoms with Gasteiger partial charge in [0.15, 0.2) is 0 Å². The Bertz CT molecular complexity index is 795. The van der Waals surface area contributed by atoms with Crippen molar-refractivity contribution in [1.29, 1.82) is 0 Å². The normalized spacial score (nSPS) is 24.2. The summed E-state index contributed by atoms with van der Waals surface area (Å²) in [5, 5.41) is 4.71. The Balaban J connectivity index is 1.45. The van der Waals surface area contributed by atoms with Gasteiger partial charge in [0.1, 0.15) is 0 Å². The van der Waals surface area contributed by atoms with Crippen molar-refractivity contribution in [3.05, 3.63) is 47.3 Å². The van der Waals surface area contributed by atoms with Gasteiger partial charge in [-0.3, -0.25) is 4.79 Å². The second kappa shape index (κ2) is 6.90. The molecule has 2 bridgehead atoms. The third-order valence-corrected chi connectivity index (χ3v) is 6.58. The molecule has 4 rings (SSSR count). The fraction of sp³-hybridized carbons (Fsp3) is 0.545. The van der Waals surface area contributed by atoms with E-state index in [9.17, 15) is 4.79 Å². The van der Waals surface area contributed by atoms with E-state index >= 15 is 0 Å². The van der Waals surface area contributed by atoms with Crippen LogP contribution in [0.5, 0.6) is 0 Å². The van der Waals surface area contributed by atoms with Gasteiger partial charge in [-0.1, -0.05) is 24.6 Å². The van der Waals surface area contributed by atoms with E-state index in [-0.39, 0.29) is 5.91 Å². The molecule has 0 saturated heterocycles. The van der Waals surface area contributed by atoms with Gasteiger partial charge in [-0.25, -0.2) is 4.68 Å². The first-order chi connectivity index (χ1) is 12.5. The van der Waals surface area contributed by atoms with Crippen LogP contribution in [0.15, 0.2) is 30.3 Å². The number of fused-ring (bicyclic) bond motifs is 2. The SMILES string of the molecule is Cc1nn(-c2ccccc2)c(C)c1CN(C)C(=O)C[C@@H]1C[C@@H]2CC[C@@H]1C2. The maximum Gasteiger partial charge on any atom is 0.222 e. The van der Waals surface area contributed by atoms with Crippen LogP contribution in [0.2, 0.25) is 0 Å². The summed E-state index contributed by atoms with van der Waals surface area (Å²) >= 11 is 0. The summed E-state index contributed by atoms with van der Waals surface area (Å²) in [4.78, 5) is 14.7. The van der Waals surface area contributed by atoms with Gasteiger partial charge in [0, 0.05) is 31.3 Å². The molecule has 2 saturated carbocycles. The third-order valence-electron chi connectivity index (χ3n) is 6.58. The summed E-state index contributed by atoms with van der Waals surface area (Å²) in [6, 6.07) is 10.2. The molecule has 0 N–H and O–H groups in total. The van der Waals surface area contributed by atoms with Crippen LogP contribution in [0.25, 0.3) is 5.69 Å². The van der Waals surface area contributed by atoms with Crippen LogP contribution >= 0.6 is 0 Å². The maximum atomic E-state index is 12.8. The largest absolute Gasteiger partial charge is 0.341 e. The van der Waals surface area contributed by atoms with Crippen LogP contribution < -0.4 is 0 Å². The van der Waals surface area contributed by atoms with Crippen molar-refractivity contribution in [2.24, 2.45) is 17.8 Å². The first kappa shape index (κ1) is 17.3. The number of aryl methyl sites for hydroxylation is 1. The Morgan fingerprint density at radius 2 is 1.96 bits per heavy atom. The number of carbonyl (C=O) groups excluding carboxylic acids is 1. The highest BCUT2D eigenvalue weighted by atomic mass is 16.2. The fourth-order valence-corrected chi connectivity index (χ4v) is 5.06. The number of hydrogen-bond acceptors (Lipinski definition) is 2. The Labute approximate surface area is 156 Å². The van der Waals surface area contributed by atoms with Gasteiger partial charge in [-0.2, -0.15) is 5.10 Å². The van der Waals surface area contributed by atoms with Crippen molar-refractivity contribution >= 4 is 5.91 Å². The van der Waals surface area contributed by atoms with Crippen LogP contribution in [-0.2, 0) is 11.3 Å². The molecule has 0 aliphatic heterocycles. The summed E-state index contributed by atoms with van der Waals surface area (Å²) < 4.78 is 1.99. The molecular formula is C22H29N3O. The number of carbonyl (C=O) groups is 1. The van der Waals surface area contributed by atoms with Crippen LogP contribution in [0.1, 0.15) is 49.1 Å². The van der Waals surface area contributed by atoms with E-state index in [1.807, 2.05) is 41.8 Å². The first-order valence-corrected chi connectivity index (χ1v) is 9.87. The molecule has 1 amide bonds. The summed E-state index contributed by atoms with van der Waals surface area (Å²) in [6.45, 7) is 4.77. The Kier molecular flexibility index (Phi) is 4.60. The smallest absolute Gasteiger partial charge is 0.222 e. The molecule has 4 nitrogen and oxygen atoms in total. The van der Waals surface area contributed by atoms with Crippen LogP contribution in [0.4, 0.5) is 0 Å². The molecular weight excluding hydrogens is 322 g/mol. The van der Waals surface area contributed by atoms with Crippen molar-refractivity contribution in [3.63, 3.8) is 0 Å². The van der Waals surface area contributed by atoms with Crippen LogP contribution in [0.3, 0.4) is 0 Å². The van der Waals surface area contributed by atoms with Crippen molar-refractivity contribution in [1.82, 2.24) is 14.7 Å². The van der Waals surface area contributed by atoms with Crippen molar-refractivity contribution in [2.45, 2.75) is 52.5 Å². The summed E-state index contributed by atoms with van der Waals surface area (Å²) in [6.07, 6.45) is 6.09. The average molecular weight is 351 g/mol. The molecule has 2 aliphatic rings. The molecule has 26 heavy (non-hydrogen) atoms. The number of aromatic nitrogens is 2. The average Bonchev–Trinajstić information content (AvgIpc) is 3.33. The van der Waals surface area contributed by atoms with E-state index in [2.05, 4.69) is 19.1 Å². The lowest BCUT2D eigenvalue weighted by atomic mass is 9.86. The van der Waals surface area contributed by atoms with Crippen LogP contribution in [0, 0.1) is 31.6 Å². The van der Waals surface area contributed by atoms with Gasteiger partial charge < -0.3 is 4.90 Å². The van der Waals surface area contributed by atoms with Gasteiger partial charge in [0.2, 0.25) is 5.91 Å². The fourth-order valence-electron chi connectivity index (χ4n) is 5.06. The molecule has 2 aliphatic carbocycles. The highest BCUT2D eigenvalue weighted by molar-refractivity contribution is 5.76. The molecule has 1 heterocycles.